The number of rotatable bonds is 5. The maximum Gasteiger partial charge on any atom is 0.266 e. The zero-order valence-electron chi connectivity index (χ0n) is 10.8. The summed E-state index contributed by atoms with van der Waals surface area (Å²) in [7, 11) is -2.28. The minimum atomic E-state index is -4.00. The van der Waals surface area contributed by atoms with E-state index in [1.165, 1.54) is 12.1 Å². The lowest BCUT2D eigenvalue weighted by Crippen LogP contribution is -2.15. The monoisotopic (exact) mass is 316 g/mol. The first-order valence-corrected chi connectivity index (χ1v) is 7.98. The van der Waals surface area contributed by atoms with Gasteiger partial charge in [0, 0.05) is 6.54 Å². The number of aromatic nitrogens is 2. The Morgan fingerprint density at radius 3 is 2.65 bits per heavy atom. The van der Waals surface area contributed by atoms with Crippen molar-refractivity contribution in [2.45, 2.75) is 18.4 Å². The molecule has 1 heterocycles. The van der Waals surface area contributed by atoms with Gasteiger partial charge in [-0.25, -0.2) is 12.8 Å². The molecule has 6 nitrogen and oxygen atoms in total. The standard InChI is InChI=1S/C11H13FN4O2S2/c1-7-14-15-11(19-7)16-20(17,18)10-4-3-8(6-13-2)5-9(10)12/h3-5,13H,6H2,1-2H3,(H,15,16). The average Bonchev–Trinajstić information content (AvgIpc) is 2.74. The van der Waals surface area contributed by atoms with Crippen molar-refractivity contribution >= 4 is 26.5 Å². The lowest BCUT2D eigenvalue weighted by atomic mass is 10.2. The maximum atomic E-state index is 13.9. The first kappa shape index (κ1) is 14.8. The summed E-state index contributed by atoms with van der Waals surface area (Å²) in [5.74, 6) is -0.800. The average molecular weight is 316 g/mol. The van der Waals surface area contributed by atoms with Gasteiger partial charge in [-0.15, -0.1) is 10.2 Å². The molecule has 0 aliphatic rings. The number of sulfonamides is 1. The molecular weight excluding hydrogens is 303 g/mol. The zero-order chi connectivity index (χ0) is 14.8. The number of nitrogens with zero attached hydrogens (tertiary/aromatic N) is 2. The van der Waals surface area contributed by atoms with Crippen molar-refractivity contribution in [1.82, 2.24) is 15.5 Å². The van der Waals surface area contributed by atoms with Crippen molar-refractivity contribution in [3.8, 4) is 0 Å². The SMILES string of the molecule is CNCc1ccc(S(=O)(=O)Nc2nnc(C)s2)c(F)c1. The summed E-state index contributed by atoms with van der Waals surface area (Å²) in [5, 5.41) is 10.9. The van der Waals surface area contributed by atoms with Gasteiger partial charge >= 0.3 is 0 Å². The number of benzene rings is 1. The number of hydrogen-bond donors (Lipinski definition) is 2. The highest BCUT2D eigenvalue weighted by Gasteiger charge is 2.21. The maximum absolute atomic E-state index is 13.9. The second-order valence-electron chi connectivity index (χ2n) is 4.03. The quantitative estimate of drug-likeness (QED) is 0.873. The highest BCUT2D eigenvalue weighted by molar-refractivity contribution is 7.93. The molecule has 0 saturated carbocycles. The van der Waals surface area contributed by atoms with Crippen molar-refractivity contribution in [2.24, 2.45) is 0 Å². The number of hydrogen-bond acceptors (Lipinski definition) is 6. The fraction of sp³-hybridized carbons (Fsp3) is 0.273. The van der Waals surface area contributed by atoms with Gasteiger partial charge in [0.1, 0.15) is 15.7 Å². The summed E-state index contributed by atoms with van der Waals surface area (Å²) in [6, 6.07) is 3.98. The predicted octanol–water partition coefficient (Wildman–Crippen LogP) is 1.51. The Labute approximate surface area is 120 Å². The van der Waals surface area contributed by atoms with Crippen molar-refractivity contribution in [3.05, 3.63) is 34.6 Å². The summed E-state index contributed by atoms with van der Waals surface area (Å²) in [6.45, 7) is 2.16. The first-order valence-electron chi connectivity index (χ1n) is 5.68. The molecule has 2 N–H and O–H groups in total. The molecule has 1 aromatic carbocycles. The molecule has 0 unspecified atom stereocenters. The summed E-state index contributed by atoms with van der Waals surface area (Å²) in [4.78, 5) is -0.412. The van der Waals surface area contributed by atoms with E-state index in [4.69, 9.17) is 0 Å². The van der Waals surface area contributed by atoms with Crippen molar-refractivity contribution < 1.29 is 12.8 Å². The molecule has 1 aromatic heterocycles. The van der Waals surface area contributed by atoms with Gasteiger partial charge in [0.25, 0.3) is 10.0 Å². The molecule has 0 spiro atoms. The van der Waals surface area contributed by atoms with Crippen LogP contribution in [0.1, 0.15) is 10.6 Å². The van der Waals surface area contributed by atoms with E-state index in [1.54, 1.807) is 20.0 Å². The van der Waals surface area contributed by atoms with Crippen LogP contribution in [-0.2, 0) is 16.6 Å². The van der Waals surface area contributed by atoms with E-state index in [0.717, 1.165) is 11.3 Å². The Hall–Kier alpha value is -1.58. The molecule has 9 heteroatoms. The lowest BCUT2D eigenvalue weighted by molar-refractivity contribution is 0.568. The second kappa shape index (κ2) is 5.81. The number of nitrogens with one attached hydrogen (secondary N) is 2. The highest BCUT2D eigenvalue weighted by Crippen LogP contribution is 2.21. The molecule has 0 aliphatic heterocycles. The first-order chi connectivity index (χ1) is 9.42. The van der Waals surface area contributed by atoms with E-state index in [-0.39, 0.29) is 5.13 Å². The normalized spacial score (nSPS) is 11.6. The predicted molar refractivity (Wildman–Crippen MR) is 74.6 cm³/mol. The molecule has 0 radical (unpaired) electrons. The summed E-state index contributed by atoms with van der Waals surface area (Å²) in [6.07, 6.45) is 0. The van der Waals surface area contributed by atoms with Gasteiger partial charge in [-0.3, -0.25) is 4.72 Å². The molecule has 2 aromatic rings. The van der Waals surface area contributed by atoms with Crippen LogP contribution in [0.15, 0.2) is 23.1 Å². The fourth-order valence-corrected chi connectivity index (χ4v) is 3.47. The molecule has 2 rings (SSSR count). The smallest absolute Gasteiger partial charge is 0.266 e. The lowest BCUT2D eigenvalue weighted by Gasteiger charge is -2.07. The number of aryl methyl sites for hydroxylation is 1. The van der Waals surface area contributed by atoms with Gasteiger partial charge in [-0.1, -0.05) is 17.4 Å². The third-order valence-corrected chi connectivity index (χ3v) is 4.67. The molecule has 0 amide bonds. The largest absolute Gasteiger partial charge is 0.316 e. The molecule has 0 saturated heterocycles. The molecule has 108 valence electrons. The van der Waals surface area contributed by atoms with Crippen LogP contribution < -0.4 is 10.0 Å². The summed E-state index contributed by atoms with van der Waals surface area (Å²) < 4.78 is 40.3. The third kappa shape index (κ3) is 3.30. The van der Waals surface area contributed by atoms with E-state index in [1.807, 2.05) is 0 Å². The van der Waals surface area contributed by atoms with Crippen LogP contribution in [0.5, 0.6) is 0 Å². The van der Waals surface area contributed by atoms with Gasteiger partial charge in [0.15, 0.2) is 0 Å². The van der Waals surface area contributed by atoms with Gasteiger partial charge in [0.2, 0.25) is 5.13 Å². The van der Waals surface area contributed by atoms with E-state index >= 15 is 0 Å². The summed E-state index contributed by atoms with van der Waals surface area (Å²) in [5.41, 5.74) is 0.663. The van der Waals surface area contributed by atoms with Crippen molar-refractivity contribution in [3.63, 3.8) is 0 Å². The third-order valence-electron chi connectivity index (χ3n) is 2.41. The summed E-state index contributed by atoms with van der Waals surface area (Å²) >= 11 is 1.08. The molecule has 0 bridgehead atoms. The highest BCUT2D eigenvalue weighted by atomic mass is 32.2. The Morgan fingerprint density at radius 1 is 1.35 bits per heavy atom. The second-order valence-corrected chi connectivity index (χ2v) is 6.86. The van der Waals surface area contributed by atoms with Crippen LogP contribution in [-0.4, -0.2) is 25.7 Å². The van der Waals surface area contributed by atoms with Gasteiger partial charge < -0.3 is 5.32 Å². The Bertz CT molecular complexity index is 715. The number of anilines is 1. The topological polar surface area (TPSA) is 84.0 Å². The van der Waals surface area contributed by atoms with Crippen LogP contribution in [0.25, 0.3) is 0 Å². The minimum absolute atomic E-state index is 0.112. The van der Waals surface area contributed by atoms with Crippen LogP contribution >= 0.6 is 11.3 Å². The van der Waals surface area contributed by atoms with Crippen molar-refractivity contribution in [2.75, 3.05) is 11.8 Å². The van der Waals surface area contributed by atoms with Crippen LogP contribution in [0.4, 0.5) is 9.52 Å². The van der Waals surface area contributed by atoms with E-state index < -0.39 is 20.7 Å². The molecule has 0 atom stereocenters. The molecule has 20 heavy (non-hydrogen) atoms. The van der Waals surface area contributed by atoms with E-state index in [2.05, 4.69) is 20.2 Å². The van der Waals surface area contributed by atoms with Crippen LogP contribution in [0.2, 0.25) is 0 Å². The van der Waals surface area contributed by atoms with Crippen LogP contribution in [0.3, 0.4) is 0 Å². The van der Waals surface area contributed by atoms with Crippen LogP contribution in [0, 0.1) is 12.7 Å². The van der Waals surface area contributed by atoms with Crippen molar-refractivity contribution in [1.29, 1.82) is 0 Å². The Balaban J connectivity index is 2.29. The molecule has 0 fully saturated rings. The molecular formula is C11H13FN4O2S2. The van der Waals surface area contributed by atoms with E-state index in [9.17, 15) is 12.8 Å². The minimum Gasteiger partial charge on any atom is -0.316 e. The van der Waals surface area contributed by atoms with Gasteiger partial charge in [-0.2, -0.15) is 0 Å². The number of halogens is 1. The molecule has 0 aliphatic carbocycles. The van der Waals surface area contributed by atoms with Gasteiger partial charge in [-0.05, 0) is 31.7 Å². The van der Waals surface area contributed by atoms with E-state index in [0.29, 0.717) is 17.1 Å². The Morgan fingerprint density at radius 2 is 2.10 bits per heavy atom. The fourth-order valence-electron chi connectivity index (χ4n) is 1.58. The zero-order valence-corrected chi connectivity index (χ0v) is 12.5. The van der Waals surface area contributed by atoms with Gasteiger partial charge in [0.05, 0.1) is 0 Å². The Kier molecular flexibility index (Phi) is 4.31.